The fourth-order valence-corrected chi connectivity index (χ4v) is 2.48. The molecule has 1 aromatic carbocycles. The van der Waals surface area contributed by atoms with Crippen molar-refractivity contribution < 1.29 is 14.4 Å². The first kappa shape index (κ1) is 14.4. The summed E-state index contributed by atoms with van der Waals surface area (Å²) in [5.41, 5.74) is 1.34. The third kappa shape index (κ3) is 5.21. The molecule has 106 valence electrons. The Kier molecular flexibility index (Phi) is 6.18. The molecule has 19 heavy (non-hydrogen) atoms. The lowest BCUT2D eigenvalue weighted by molar-refractivity contribution is -0.887. The van der Waals surface area contributed by atoms with Crippen molar-refractivity contribution >= 4 is 0 Å². The molecule has 0 bridgehead atoms. The molecule has 1 aromatic rings. The van der Waals surface area contributed by atoms with E-state index in [-0.39, 0.29) is 0 Å². The fourth-order valence-electron chi connectivity index (χ4n) is 2.48. The smallest absolute Gasteiger partial charge is 0.119 e. The molecule has 0 atom stereocenters. The lowest BCUT2D eigenvalue weighted by Gasteiger charge is -2.12. The molecule has 1 fully saturated rings. The maximum atomic E-state index is 5.65. The van der Waals surface area contributed by atoms with E-state index in [9.17, 15) is 0 Å². The van der Waals surface area contributed by atoms with Crippen LogP contribution < -0.4 is 9.64 Å². The third-order valence-corrected chi connectivity index (χ3v) is 3.74. The first-order valence-corrected chi connectivity index (χ1v) is 7.51. The Morgan fingerprint density at radius 2 is 1.74 bits per heavy atom. The van der Waals surface area contributed by atoms with E-state index in [1.54, 1.807) is 4.90 Å². The van der Waals surface area contributed by atoms with Crippen molar-refractivity contribution in [2.24, 2.45) is 0 Å². The van der Waals surface area contributed by atoms with E-state index in [4.69, 9.17) is 9.47 Å². The summed E-state index contributed by atoms with van der Waals surface area (Å²) in [7, 11) is 0. The van der Waals surface area contributed by atoms with Crippen LogP contribution in [0.4, 0.5) is 0 Å². The minimum atomic E-state index is 0.640. The lowest BCUT2D eigenvalue weighted by Crippen LogP contribution is -3.10. The number of benzene rings is 1. The maximum Gasteiger partial charge on any atom is 0.119 e. The summed E-state index contributed by atoms with van der Waals surface area (Å²) >= 11 is 0. The first-order valence-electron chi connectivity index (χ1n) is 7.51. The van der Waals surface area contributed by atoms with Crippen molar-refractivity contribution in [3.05, 3.63) is 29.8 Å². The number of rotatable bonds is 8. The van der Waals surface area contributed by atoms with Gasteiger partial charge in [0.15, 0.2) is 0 Å². The summed E-state index contributed by atoms with van der Waals surface area (Å²) in [6, 6.07) is 8.31. The van der Waals surface area contributed by atoms with Crippen LogP contribution in [-0.2, 0) is 11.2 Å². The molecule has 3 nitrogen and oxygen atoms in total. The van der Waals surface area contributed by atoms with Gasteiger partial charge in [0.05, 0.1) is 26.3 Å². The molecule has 1 N–H and O–H groups in total. The molecule has 0 aromatic heterocycles. The van der Waals surface area contributed by atoms with Crippen LogP contribution in [0, 0.1) is 0 Å². The van der Waals surface area contributed by atoms with Gasteiger partial charge in [0, 0.05) is 12.8 Å². The summed E-state index contributed by atoms with van der Waals surface area (Å²) in [4.78, 5) is 1.69. The summed E-state index contributed by atoms with van der Waals surface area (Å²) in [6.07, 6.45) is 3.83. The summed E-state index contributed by atoms with van der Waals surface area (Å²) in [5.74, 6) is 0.936. The zero-order valence-corrected chi connectivity index (χ0v) is 12.0. The Bertz CT molecular complexity index is 344. The molecule has 2 rings (SSSR count). The second-order valence-electron chi connectivity index (χ2n) is 5.17. The summed E-state index contributed by atoms with van der Waals surface area (Å²) < 4.78 is 11.3. The minimum Gasteiger partial charge on any atom is -0.491 e. The van der Waals surface area contributed by atoms with Gasteiger partial charge in [0.1, 0.15) is 18.9 Å². The van der Waals surface area contributed by atoms with Crippen molar-refractivity contribution in [1.82, 2.24) is 0 Å². The Morgan fingerprint density at radius 1 is 1.00 bits per heavy atom. The normalized spacial score (nSPS) is 15.8. The van der Waals surface area contributed by atoms with Crippen molar-refractivity contribution in [2.75, 3.05) is 39.5 Å². The fraction of sp³-hybridized carbons (Fsp3) is 0.625. The monoisotopic (exact) mass is 264 g/mol. The second kappa shape index (κ2) is 8.18. The molecule has 0 radical (unpaired) electrons. The number of quaternary nitrogens is 1. The first-order chi connectivity index (χ1) is 9.38. The predicted molar refractivity (Wildman–Crippen MR) is 76.9 cm³/mol. The van der Waals surface area contributed by atoms with Gasteiger partial charge in [-0.2, -0.15) is 0 Å². The van der Waals surface area contributed by atoms with Gasteiger partial charge < -0.3 is 14.4 Å². The van der Waals surface area contributed by atoms with Crippen LogP contribution in [0.2, 0.25) is 0 Å². The van der Waals surface area contributed by atoms with Crippen LogP contribution in [-0.4, -0.2) is 39.5 Å². The topological polar surface area (TPSA) is 22.9 Å². The number of nitrogens with one attached hydrogen (secondary N) is 1. The molecule has 0 unspecified atom stereocenters. The second-order valence-corrected chi connectivity index (χ2v) is 5.17. The highest BCUT2D eigenvalue weighted by Crippen LogP contribution is 2.12. The van der Waals surface area contributed by atoms with Crippen LogP contribution in [0.25, 0.3) is 0 Å². The van der Waals surface area contributed by atoms with E-state index >= 15 is 0 Å². The number of aryl methyl sites for hydroxylation is 1. The summed E-state index contributed by atoms with van der Waals surface area (Å²) in [5, 5.41) is 0. The molecule has 1 saturated heterocycles. The van der Waals surface area contributed by atoms with Crippen molar-refractivity contribution in [3.8, 4) is 5.75 Å². The number of hydrogen-bond acceptors (Lipinski definition) is 2. The quantitative estimate of drug-likeness (QED) is 0.716. The molecule has 1 heterocycles. The van der Waals surface area contributed by atoms with Gasteiger partial charge in [-0.25, -0.2) is 0 Å². The van der Waals surface area contributed by atoms with Crippen LogP contribution in [0.3, 0.4) is 0 Å². The molecule has 0 amide bonds. The largest absolute Gasteiger partial charge is 0.491 e. The highest BCUT2D eigenvalue weighted by molar-refractivity contribution is 5.27. The molecular weight excluding hydrogens is 238 g/mol. The Morgan fingerprint density at radius 3 is 2.42 bits per heavy atom. The molecule has 3 heteroatoms. The van der Waals surface area contributed by atoms with E-state index in [1.165, 1.54) is 31.5 Å². The van der Waals surface area contributed by atoms with E-state index < -0.39 is 0 Å². The summed E-state index contributed by atoms with van der Waals surface area (Å²) in [6.45, 7) is 8.13. The Hall–Kier alpha value is -1.06. The Balaban J connectivity index is 1.51. The van der Waals surface area contributed by atoms with Crippen LogP contribution >= 0.6 is 0 Å². The Labute approximate surface area is 116 Å². The SMILES string of the molecule is CCc1ccc(OCCOCC[NH+]2CCCC2)cc1. The van der Waals surface area contributed by atoms with Gasteiger partial charge in [-0.1, -0.05) is 19.1 Å². The van der Waals surface area contributed by atoms with Crippen LogP contribution in [0.1, 0.15) is 25.3 Å². The van der Waals surface area contributed by atoms with Crippen molar-refractivity contribution in [1.29, 1.82) is 0 Å². The average Bonchev–Trinajstić information content (AvgIpc) is 2.96. The molecule has 0 saturated carbocycles. The molecule has 1 aliphatic rings. The van der Waals surface area contributed by atoms with Crippen LogP contribution in [0.15, 0.2) is 24.3 Å². The van der Waals surface area contributed by atoms with Crippen LogP contribution in [0.5, 0.6) is 5.75 Å². The van der Waals surface area contributed by atoms with Crippen molar-refractivity contribution in [2.45, 2.75) is 26.2 Å². The van der Waals surface area contributed by atoms with E-state index in [1.807, 2.05) is 12.1 Å². The van der Waals surface area contributed by atoms with Crippen molar-refractivity contribution in [3.63, 3.8) is 0 Å². The van der Waals surface area contributed by atoms with Gasteiger partial charge in [-0.05, 0) is 24.1 Å². The number of hydrogen-bond donors (Lipinski definition) is 1. The molecular formula is C16H26NO2+. The number of likely N-dealkylation sites (tertiary alicyclic amines) is 1. The standard InChI is InChI=1S/C16H25NO2/c1-2-15-5-7-16(8-6-15)19-14-13-18-12-11-17-9-3-4-10-17/h5-8H,2-4,9-14H2,1H3/p+1. The number of ether oxygens (including phenoxy) is 2. The van der Waals surface area contributed by atoms with Gasteiger partial charge in [-0.15, -0.1) is 0 Å². The van der Waals surface area contributed by atoms with Gasteiger partial charge in [0.2, 0.25) is 0 Å². The average molecular weight is 264 g/mol. The lowest BCUT2D eigenvalue weighted by atomic mass is 10.2. The zero-order valence-electron chi connectivity index (χ0n) is 12.0. The van der Waals surface area contributed by atoms with E-state index in [0.717, 1.165) is 25.3 Å². The maximum absolute atomic E-state index is 5.65. The highest BCUT2D eigenvalue weighted by atomic mass is 16.5. The highest BCUT2D eigenvalue weighted by Gasteiger charge is 2.13. The minimum absolute atomic E-state index is 0.640. The third-order valence-electron chi connectivity index (χ3n) is 3.74. The van der Waals surface area contributed by atoms with Gasteiger partial charge in [0.25, 0.3) is 0 Å². The molecule has 0 aliphatic carbocycles. The predicted octanol–water partition coefficient (Wildman–Crippen LogP) is 1.32. The van der Waals surface area contributed by atoms with Gasteiger partial charge in [-0.3, -0.25) is 0 Å². The molecule has 1 aliphatic heterocycles. The van der Waals surface area contributed by atoms with E-state index in [0.29, 0.717) is 13.2 Å². The van der Waals surface area contributed by atoms with E-state index in [2.05, 4.69) is 19.1 Å². The zero-order chi connectivity index (χ0) is 13.3. The molecule has 0 spiro atoms. The van der Waals surface area contributed by atoms with Gasteiger partial charge >= 0.3 is 0 Å².